The maximum Gasteiger partial charge on any atom is 0.417 e. The van der Waals surface area contributed by atoms with Gasteiger partial charge in [-0.25, -0.2) is 17.8 Å². The molecule has 2 aromatic rings. The van der Waals surface area contributed by atoms with Crippen molar-refractivity contribution in [1.82, 2.24) is 4.98 Å². The molecule has 3 rings (SSSR count). The number of halogens is 4. The SMILES string of the molecule is O=S1(=O)CC/C(=N/Nc2ccc(C(F)(F)F)cn2)c2cc(F)ccc21. The summed E-state index contributed by atoms with van der Waals surface area (Å²) in [6, 6.07) is 5.22. The monoisotopic (exact) mass is 373 g/mol. The number of anilines is 1. The number of nitrogens with zero attached hydrogens (tertiary/aromatic N) is 2. The molecule has 0 radical (unpaired) electrons. The Morgan fingerprint density at radius 3 is 2.56 bits per heavy atom. The van der Waals surface area contributed by atoms with E-state index in [-0.39, 0.29) is 34.2 Å². The zero-order valence-corrected chi connectivity index (χ0v) is 13.3. The van der Waals surface area contributed by atoms with E-state index in [9.17, 15) is 26.0 Å². The van der Waals surface area contributed by atoms with Gasteiger partial charge in [0.05, 0.1) is 21.9 Å². The number of aromatic nitrogens is 1. The molecule has 0 aliphatic carbocycles. The highest BCUT2D eigenvalue weighted by Gasteiger charge is 2.31. The Morgan fingerprint density at radius 2 is 1.92 bits per heavy atom. The van der Waals surface area contributed by atoms with Crippen molar-refractivity contribution in [2.75, 3.05) is 11.2 Å². The first-order valence-corrected chi connectivity index (χ1v) is 8.70. The maximum atomic E-state index is 13.5. The van der Waals surface area contributed by atoms with Crippen molar-refractivity contribution in [2.24, 2.45) is 5.10 Å². The van der Waals surface area contributed by atoms with E-state index in [2.05, 4.69) is 15.5 Å². The number of nitrogens with one attached hydrogen (secondary N) is 1. The fourth-order valence-electron chi connectivity index (χ4n) is 2.34. The van der Waals surface area contributed by atoms with Crippen molar-refractivity contribution in [3.63, 3.8) is 0 Å². The summed E-state index contributed by atoms with van der Waals surface area (Å²) < 4.78 is 75.0. The van der Waals surface area contributed by atoms with E-state index in [0.717, 1.165) is 24.3 Å². The van der Waals surface area contributed by atoms with Crippen LogP contribution in [0.15, 0.2) is 46.5 Å². The van der Waals surface area contributed by atoms with Crippen molar-refractivity contribution in [3.8, 4) is 0 Å². The van der Waals surface area contributed by atoms with E-state index in [4.69, 9.17) is 0 Å². The summed E-state index contributed by atoms with van der Waals surface area (Å²) >= 11 is 0. The Kier molecular flexibility index (Phi) is 4.23. The third kappa shape index (κ3) is 3.63. The third-order valence-electron chi connectivity index (χ3n) is 3.59. The van der Waals surface area contributed by atoms with Gasteiger partial charge in [-0.15, -0.1) is 0 Å². The molecule has 0 saturated heterocycles. The number of hydrazone groups is 1. The normalized spacial score (nSPS) is 18.0. The third-order valence-corrected chi connectivity index (χ3v) is 5.36. The van der Waals surface area contributed by atoms with Crippen LogP contribution in [-0.2, 0) is 16.0 Å². The molecule has 2 heterocycles. The molecule has 0 fully saturated rings. The second-order valence-corrected chi connectivity index (χ2v) is 7.39. The molecule has 1 aliphatic heterocycles. The molecule has 0 spiro atoms. The Morgan fingerprint density at radius 1 is 1.16 bits per heavy atom. The number of fused-ring (bicyclic) bond motifs is 1. The van der Waals surface area contributed by atoms with Crippen molar-refractivity contribution >= 4 is 21.4 Å². The van der Waals surface area contributed by atoms with Gasteiger partial charge in [0, 0.05) is 18.2 Å². The molecule has 0 bridgehead atoms. The number of hydrogen-bond acceptors (Lipinski definition) is 5. The standard InChI is InChI=1S/C15H11F4N3O2S/c16-10-2-3-13-11(7-10)12(5-6-25(13,23)24)21-22-14-4-1-9(8-20-14)15(17,18)19/h1-4,7-8H,5-6H2,(H,20,22)/b21-12-. The van der Waals surface area contributed by atoms with Gasteiger partial charge in [-0.3, -0.25) is 5.43 Å². The molecule has 10 heteroatoms. The number of benzene rings is 1. The van der Waals surface area contributed by atoms with Crippen LogP contribution in [0.2, 0.25) is 0 Å². The minimum Gasteiger partial charge on any atom is -0.261 e. The van der Waals surface area contributed by atoms with E-state index in [1.54, 1.807) is 0 Å². The zero-order valence-electron chi connectivity index (χ0n) is 12.5. The lowest BCUT2D eigenvalue weighted by atomic mass is 10.1. The lowest BCUT2D eigenvalue weighted by Gasteiger charge is -2.18. The van der Waals surface area contributed by atoms with Gasteiger partial charge in [-0.05, 0) is 30.3 Å². The highest BCUT2D eigenvalue weighted by Crippen LogP contribution is 2.29. The number of pyridine rings is 1. The van der Waals surface area contributed by atoms with Gasteiger partial charge in [0.2, 0.25) is 0 Å². The summed E-state index contributed by atoms with van der Waals surface area (Å²) in [6.45, 7) is 0. The van der Waals surface area contributed by atoms with Crippen LogP contribution in [-0.4, -0.2) is 24.9 Å². The minimum absolute atomic E-state index is 0.0268. The molecular weight excluding hydrogens is 362 g/mol. The molecule has 0 saturated carbocycles. The van der Waals surface area contributed by atoms with Crippen LogP contribution >= 0.6 is 0 Å². The van der Waals surface area contributed by atoms with Gasteiger partial charge < -0.3 is 0 Å². The lowest BCUT2D eigenvalue weighted by Crippen LogP contribution is -2.23. The van der Waals surface area contributed by atoms with Gasteiger partial charge in [-0.1, -0.05) is 0 Å². The molecule has 132 valence electrons. The van der Waals surface area contributed by atoms with Gasteiger partial charge in [0.25, 0.3) is 0 Å². The lowest BCUT2D eigenvalue weighted by molar-refractivity contribution is -0.137. The van der Waals surface area contributed by atoms with Gasteiger partial charge in [0.15, 0.2) is 9.84 Å². The quantitative estimate of drug-likeness (QED) is 0.498. The summed E-state index contributed by atoms with van der Waals surface area (Å²) in [5, 5.41) is 3.99. The van der Waals surface area contributed by atoms with Crippen molar-refractivity contribution in [3.05, 3.63) is 53.5 Å². The molecule has 25 heavy (non-hydrogen) atoms. The van der Waals surface area contributed by atoms with Crippen molar-refractivity contribution in [2.45, 2.75) is 17.5 Å². The maximum absolute atomic E-state index is 13.5. The largest absolute Gasteiger partial charge is 0.417 e. The van der Waals surface area contributed by atoms with E-state index in [1.807, 2.05) is 0 Å². The summed E-state index contributed by atoms with van der Waals surface area (Å²) in [6.07, 6.45) is -3.79. The summed E-state index contributed by atoms with van der Waals surface area (Å²) in [5.41, 5.74) is 1.99. The number of hydrogen-bond donors (Lipinski definition) is 1. The molecule has 1 N–H and O–H groups in total. The smallest absolute Gasteiger partial charge is 0.261 e. The predicted octanol–water partition coefficient (Wildman–Crippen LogP) is 3.23. The molecule has 0 unspecified atom stereocenters. The first-order chi connectivity index (χ1) is 11.7. The minimum atomic E-state index is -4.49. The molecular formula is C15H11F4N3O2S. The van der Waals surface area contributed by atoms with Crippen LogP contribution in [0.5, 0.6) is 0 Å². The second-order valence-electron chi connectivity index (χ2n) is 5.31. The van der Waals surface area contributed by atoms with Crippen molar-refractivity contribution < 1.29 is 26.0 Å². The predicted molar refractivity (Wildman–Crippen MR) is 82.5 cm³/mol. The van der Waals surface area contributed by atoms with Gasteiger partial charge in [-0.2, -0.15) is 18.3 Å². The number of rotatable bonds is 2. The Labute approximate surface area is 140 Å². The molecule has 1 aromatic heterocycles. The van der Waals surface area contributed by atoms with E-state index in [0.29, 0.717) is 6.20 Å². The highest BCUT2D eigenvalue weighted by atomic mass is 32.2. The topological polar surface area (TPSA) is 71.4 Å². The fraction of sp³-hybridized carbons (Fsp3) is 0.200. The first-order valence-electron chi connectivity index (χ1n) is 7.05. The van der Waals surface area contributed by atoms with E-state index in [1.165, 1.54) is 6.07 Å². The van der Waals surface area contributed by atoms with Crippen LogP contribution in [0.4, 0.5) is 23.4 Å². The van der Waals surface area contributed by atoms with Crippen LogP contribution in [0.1, 0.15) is 17.5 Å². The number of alkyl halides is 3. The average Bonchev–Trinajstić information content (AvgIpc) is 2.53. The molecule has 0 amide bonds. The van der Waals surface area contributed by atoms with Crippen LogP contribution in [0, 0.1) is 5.82 Å². The fourth-order valence-corrected chi connectivity index (χ4v) is 3.81. The molecule has 0 atom stereocenters. The molecule has 5 nitrogen and oxygen atoms in total. The van der Waals surface area contributed by atoms with E-state index >= 15 is 0 Å². The highest BCUT2D eigenvalue weighted by molar-refractivity contribution is 7.91. The Balaban J connectivity index is 1.89. The van der Waals surface area contributed by atoms with Gasteiger partial charge >= 0.3 is 6.18 Å². The second kappa shape index (κ2) is 6.10. The van der Waals surface area contributed by atoms with Crippen LogP contribution in [0.3, 0.4) is 0 Å². The molecule has 1 aromatic carbocycles. The Bertz CT molecular complexity index is 938. The molecule has 1 aliphatic rings. The summed E-state index contributed by atoms with van der Waals surface area (Å²) in [7, 11) is -3.51. The summed E-state index contributed by atoms with van der Waals surface area (Å²) in [5.74, 6) is -0.754. The zero-order chi connectivity index (χ0) is 18.2. The first kappa shape index (κ1) is 17.3. The Hall–Kier alpha value is -2.49. The van der Waals surface area contributed by atoms with Crippen LogP contribution < -0.4 is 5.43 Å². The average molecular weight is 373 g/mol. The van der Waals surface area contributed by atoms with Crippen LogP contribution in [0.25, 0.3) is 0 Å². The summed E-state index contributed by atoms with van der Waals surface area (Å²) in [4.78, 5) is 3.57. The van der Waals surface area contributed by atoms with E-state index < -0.39 is 27.4 Å². The van der Waals surface area contributed by atoms with Gasteiger partial charge in [0.1, 0.15) is 11.6 Å². The van der Waals surface area contributed by atoms with Crippen molar-refractivity contribution in [1.29, 1.82) is 0 Å². The number of sulfone groups is 1.